The summed E-state index contributed by atoms with van der Waals surface area (Å²) in [4.78, 5) is 17.3. The fourth-order valence-electron chi connectivity index (χ4n) is 3.20. The third-order valence-corrected chi connectivity index (χ3v) is 4.52. The van der Waals surface area contributed by atoms with Crippen molar-refractivity contribution in [1.82, 2.24) is 9.55 Å². The van der Waals surface area contributed by atoms with Crippen molar-refractivity contribution in [3.05, 3.63) is 72.6 Å². The zero-order valence-corrected chi connectivity index (χ0v) is 14.2. The monoisotopic (exact) mass is 340 g/mol. The normalized spacial score (nSPS) is 12.0. The second kappa shape index (κ2) is 6.34. The molecule has 26 heavy (non-hydrogen) atoms. The summed E-state index contributed by atoms with van der Waals surface area (Å²) in [6.07, 6.45) is 0. The van der Waals surface area contributed by atoms with Gasteiger partial charge in [0, 0.05) is 18.1 Å². The molecule has 0 spiro atoms. The first-order chi connectivity index (χ1) is 12.7. The van der Waals surface area contributed by atoms with Gasteiger partial charge < -0.3 is 9.88 Å². The molecule has 0 aliphatic carbocycles. The van der Waals surface area contributed by atoms with Crippen LogP contribution in [-0.2, 0) is 11.8 Å². The van der Waals surface area contributed by atoms with E-state index in [0.717, 1.165) is 21.8 Å². The molecular formula is C21H16N4O. The van der Waals surface area contributed by atoms with E-state index in [9.17, 15) is 10.1 Å². The number of fused-ring (bicyclic) bond motifs is 2. The van der Waals surface area contributed by atoms with Gasteiger partial charge in [0.25, 0.3) is 0 Å². The van der Waals surface area contributed by atoms with E-state index in [-0.39, 0.29) is 5.91 Å². The number of nitriles is 1. The minimum absolute atomic E-state index is 0.387. The summed E-state index contributed by atoms with van der Waals surface area (Å²) in [6.45, 7) is 0. The third kappa shape index (κ3) is 2.58. The van der Waals surface area contributed by atoms with E-state index < -0.39 is 5.92 Å². The number of nitrogens with one attached hydrogen (secondary N) is 1. The van der Waals surface area contributed by atoms with E-state index in [1.807, 2.05) is 73.8 Å². The largest absolute Gasteiger partial charge is 0.330 e. The Morgan fingerprint density at radius 2 is 1.81 bits per heavy atom. The van der Waals surface area contributed by atoms with Crippen molar-refractivity contribution in [3.63, 3.8) is 0 Å². The van der Waals surface area contributed by atoms with Crippen molar-refractivity contribution in [2.45, 2.75) is 5.92 Å². The summed E-state index contributed by atoms with van der Waals surface area (Å²) in [6, 6.07) is 23.2. The van der Waals surface area contributed by atoms with Crippen LogP contribution in [-0.4, -0.2) is 15.5 Å². The molecule has 4 rings (SSSR count). The van der Waals surface area contributed by atoms with Gasteiger partial charge >= 0.3 is 0 Å². The number of imidazole rings is 1. The van der Waals surface area contributed by atoms with Crippen LogP contribution in [0.4, 0.5) is 5.69 Å². The summed E-state index contributed by atoms with van der Waals surface area (Å²) in [7, 11) is 1.82. The Bertz CT molecular complexity index is 1160. The number of carbonyl (C=O) groups excluding carboxylic acids is 1. The number of nitrogens with zero attached hydrogens (tertiary/aromatic N) is 3. The van der Waals surface area contributed by atoms with Crippen molar-refractivity contribution in [2.75, 3.05) is 5.32 Å². The molecule has 5 heteroatoms. The van der Waals surface area contributed by atoms with E-state index in [1.54, 1.807) is 4.57 Å². The standard InChI is InChI=1S/C21H16N4O/c1-25-19-12-5-4-10-18(19)23-20(25)16(13-22)21(26)24-17-11-6-8-14-7-2-3-9-15(14)17/h2-12,16H,1H3,(H,24,26). The number of rotatable bonds is 3. The van der Waals surface area contributed by atoms with E-state index in [1.165, 1.54) is 0 Å². The van der Waals surface area contributed by atoms with Crippen LogP contribution in [0.15, 0.2) is 66.7 Å². The highest BCUT2D eigenvalue weighted by atomic mass is 16.1. The molecule has 1 amide bonds. The highest BCUT2D eigenvalue weighted by Gasteiger charge is 2.26. The van der Waals surface area contributed by atoms with Gasteiger partial charge in [0.2, 0.25) is 5.91 Å². The zero-order chi connectivity index (χ0) is 18.1. The molecule has 1 N–H and O–H groups in total. The van der Waals surface area contributed by atoms with Gasteiger partial charge in [-0.1, -0.05) is 48.5 Å². The van der Waals surface area contributed by atoms with Gasteiger partial charge in [-0.25, -0.2) is 4.98 Å². The molecule has 1 unspecified atom stereocenters. The van der Waals surface area contributed by atoms with Gasteiger partial charge in [0.15, 0.2) is 5.92 Å². The maximum absolute atomic E-state index is 12.8. The smallest absolute Gasteiger partial charge is 0.249 e. The van der Waals surface area contributed by atoms with E-state index in [0.29, 0.717) is 11.5 Å². The molecule has 1 atom stereocenters. The van der Waals surface area contributed by atoms with Crippen molar-refractivity contribution >= 4 is 33.4 Å². The average molecular weight is 340 g/mol. The van der Waals surface area contributed by atoms with Crippen molar-refractivity contribution in [3.8, 4) is 6.07 Å². The van der Waals surface area contributed by atoms with Gasteiger partial charge in [-0.3, -0.25) is 4.79 Å². The van der Waals surface area contributed by atoms with Gasteiger partial charge in [-0.15, -0.1) is 0 Å². The number of hydrogen-bond acceptors (Lipinski definition) is 3. The molecule has 0 aliphatic rings. The Hall–Kier alpha value is -3.65. The molecule has 126 valence electrons. The lowest BCUT2D eigenvalue weighted by Gasteiger charge is -2.12. The number of aromatic nitrogens is 2. The highest BCUT2D eigenvalue weighted by molar-refractivity contribution is 6.05. The molecule has 5 nitrogen and oxygen atoms in total. The molecule has 3 aromatic carbocycles. The fourth-order valence-corrected chi connectivity index (χ4v) is 3.20. The molecule has 4 aromatic rings. The number of hydrogen-bond donors (Lipinski definition) is 1. The Labute approximate surface area is 150 Å². The predicted molar refractivity (Wildman–Crippen MR) is 102 cm³/mol. The highest BCUT2D eigenvalue weighted by Crippen LogP contribution is 2.26. The molecule has 0 radical (unpaired) electrons. The second-order valence-electron chi connectivity index (χ2n) is 6.10. The maximum atomic E-state index is 12.8. The molecule has 0 bridgehead atoms. The van der Waals surface area contributed by atoms with Gasteiger partial charge in [0.05, 0.1) is 17.1 Å². The number of anilines is 1. The van der Waals surface area contributed by atoms with Gasteiger partial charge in [-0.05, 0) is 23.6 Å². The first-order valence-corrected chi connectivity index (χ1v) is 8.28. The van der Waals surface area contributed by atoms with Gasteiger partial charge in [0.1, 0.15) is 5.82 Å². The lowest BCUT2D eigenvalue weighted by Crippen LogP contribution is -2.22. The number of amides is 1. The van der Waals surface area contributed by atoms with Crippen LogP contribution < -0.4 is 5.32 Å². The molecule has 0 fully saturated rings. The van der Waals surface area contributed by atoms with E-state index >= 15 is 0 Å². The maximum Gasteiger partial charge on any atom is 0.249 e. The van der Waals surface area contributed by atoms with Crippen LogP contribution in [0.2, 0.25) is 0 Å². The van der Waals surface area contributed by atoms with E-state index in [2.05, 4.69) is 16.4 Å². The Morgan fingerprint density at radius 1 is 1.08 bits per heavy atom. The van der Waals surface area contributed by atoms with Crippen LogP contribution in [0.3, 0.4) is 0 Å². The van der Waals surface area contributed by atoms with Crippen molar-refractivity contribution in [2.24, 2.45) is 7.05 Å². The summed E-state index contributed by atoms with van der Waals surface area (Å²) >= 11 is 0. The average Bonchev–Trinajstić information content (AvgIpc) is 3.00. The van der Waals surface area contributed by atoms with Crippen LogP contribution in [0, 0.1) is 11.3 Å². The van der Waals surface area contributed by atoms with Crippen LogP contribution in [0.25, 0.3) is 21.8 Å². The number of carbonyl (C=O) groups is 1. The van der Waals surface area contributed by atoms with Gasteiger partial charge in [-0.2, -0.15) is 5.26 Å². The predicted octanol–water partition coefficient (Wildman–Crippen LogP) is 3.97. The second-order valence-corrected chi connectivity index (χ2v) is 6.10. The lowest BCUT2D eigenvalue weighted by molar-refractivity contribution is -0.116. The van der Waals surface area contributed by atoms with Crippen LogP contribution in [0.1, 0.15) is 11.7 Å². The minimum atomic E-state index is -0.994. The summed E-state index contributed by atoms with van der Waals surface area (Å²) < 4.78 is 1.80. The molecular weight excluding hydrogens is 324 g/mol. The molecule has 0 saturated heterocycles. The van der Waals surface area contributed by atoms with Crippen molar-refractivity contribution in [1.29, 1.82) is 5.26 Å². The number of aryl methyl sites for hydroxylation is 1. The van der Waals surface area contributed by atoms with E-state index in [4.69, 9.17) is 0 Å². The summed E-state index contributed by atoms with van der Waals surface area (Å²) in [5.41, 5.74) is 2.34. The Morgan fingerprint density at radius 3 is 2.62 bits per heavy atom. The SMILES string of the molecule is Cn1c(C(C#N)C(=O)Nc2cccc3ccccc23)nc2ccccc21. The van der Waals surface area contributed by atoms with Crippen molar-refractivity contribution < 1.29 is 4.79 Å². The first-order valence-electron chi connectivity index (χ1n) is 8.28. The van der Waals surface area contributed by atoms with Crippen LogP contribution >= 0.6 is 0 Å². The number of benzene rings is 3. The molecule has 1 aromatic heterocycles. The van der Waals surface area contributed by atoms with Crippen LogP contribution in [0.5, 0.6) is 0 Å². The number of para-hydroxylation sites is 2. The fraction of sp³-hybridized carbons (Fsp3) is 0.0952. The topological polar surface area (TPSA) is 70.7 Å². The Balaban J connectivity index is 1.71. The Kier molecular flexibility index (Phi) is 3.86. The first kappa shape index (κ1) is 15.9. The summed E-state index contributed by atoms with van der Waals surface area (Å²) in [5.74, 6) is -0.944. The lowest BCUT2D eigenvalue weighted by atomic mass is 10.1. The minimum Gasteiger partial charge on any atom is -0.330 e. The molecule has 1 heterocycles. The summed E-state index contributed by atoms with van der Waals surface area (Å²) in [5, 5.41) is 14.5. The third-order valence-electron chi connectivity index (χ3n) is 4.52. The zero-order valence-electron chi connectivity index (χ0n) is 14.2. The molecule has 0 saturated carbocycles. The quantitative estimate of drug-likeness (QED) is 0.613. The molecule has 0 aliphatic heterocycles.